The van der Waals surface area contributed by atoms with E-state index < -0.39 is 17.8 Å². The monoisotopic (exact) mass is 428 g/mol. The first-order chi connectivity index (χ1) is 14.7. The molecule has 0 heterocycles. The lowest BCUT2D eigenvalue weighted by Gasteiger charge is -2.42. The van der Waals surface area contributed by atoms with Gasteiger partial charge in [-0.15, -0.1) is 0 Å². The van der Waals surface area contributed by atoms with Crippen LogP contribution in [0.1, 0.15) is 91.9 Å². The Balaban J connectivity index is 1.69. The topological polar surface area (TPSA) is 60.7 Å². The number of fused-ring (bicyclic) bond motifs is 1. The summed E-state index contributed by atoms with van der Waals surface area (Å²) in [5, 5.41) is 30.5. The molecule has 0 aromatic heterocycles. The predicted octanol–water partition coefficient (Wildman–Crippen LogP) is 6.01. The Bertz CT molecular complexity index is 727. The van der Waals surface area contributed by atoms with E-state index in [1.807, 2.05) is 19.9 Å². The average molecular weight is 429 g/mol. The number of aliphatic hydroxyl groups excluding tert-OH is 2. The summed E-state index contributed by atoms with van der Waals surface area (Å²) >= 11 is 0. The summed E-state index contributed by atoms with van der Waals surface area (Å²) in [5.74, 6) is 1.06. The molecule has 5 atom stereocenters. The Kier molecular flexibility index (Phi) is 8.05. The third-order valence-electron chi connectivity index (χ3n) is 8.36. The molecule has 0 radical (unpaired) electrons. The lowest BCUT2D eigenvalue weighted by Crippen LogP contribution is -2.32. The summed E-state index contributed by atoms with van der Waals surface area (Å²) in [7, 11) is 0. The zero-order chi connectivity index (χ0) is 22.6. The molecule has 3 aliphatic carbocycles. The molecule has 3 nitrogen and oxygen atoms in total. The first kappa shape index (κ1) is 24.5. The Morgan fingerprint density at radius 1 is 1.16 bits per heavy atom. The highest BCUT2D eigenvalue weighted by Crippen LogP contribution is 2.56. The van der Waals surface area contributed by atoms with Crippen LogP contribution in [-0.2, 0) is 0 Å². The van der Waals surface area contributed by atoms with Crippen LogP contribution in [0.15, 0.2) is 47.1 Å². The second-order valence-corrected chi connectivity index (χ2v) is 10.6. The highest BCUT2D eigenvalue weighted by molar-refractivity contribution is 5.35. The third kappa shape index (κ3) is 5.61. The lowest BCUT2D eigenvalue weighted by molar-refractivity contribution is 0.0609. The molecule has 3 N–H and O–H groups in total. The minimum Gasteiger partial charge on any atom is -0.393 e. The van der Waals surface area contributed by atoms with Crippen LogP contribution < -0.4 is 0 Å². The van der Waals surface area contributed by atoms with Crippen LogP contribution in [0.5, 0.6) is 0 Å². The second kappa shape index (κ2) is 10.2. The Morgan fingerprint density at radius 2 is 1.84 bits per heavy atom. The summed E-state index contributed by atoms with van der Waals surface area (Å²) in [5.41, 5.74) is 3.88. The molecule has 2 fully saturated rings. The van der Waals surface area contributed by atoms with Crippen LogP contribution in [0, 0.1) is 17.3 Å². The van der Waals surface area contributed by atoms with Gasteiger partial charge in [-0.3, -0.25) is 0 Å². The third-order valence-corrected chi connectivity index (χ3v) is 8.36. The Hall–Kier alpha value is -1.16. The minimum absolute atomic E-state index is 0.229. The molecule has 0 unspecified atom stereocenters. The Morgan fingerprint density at radius 3 is 2.48 bits per heavy atom. The van der Waals surface area contributed by atoms with Gasteiger partial charge in [0.05, 0.1) is 17.8 Å². The first-order valence-electron chi connectivity index (χ1n) is 12.6. The maximum atomic E-state index is 10.5. The van der Waals surface area contributed by atoms with E-state index in [2.05, 4.69) is 38.2 Å². The van der Waals surface area contributed by atoms with Crippen LogP contribution in [0.4, 0.5) is 0 Å². The van der Waals surface area contributed by atoms with Gasteiger partial charge in [0.25, 0.3) is 0 Å². The molecule has 3 heteroatoms. The van der Waals surface area contributed by atoms with Crippen molar-refractivity contribution >= 4 is 0 Å². The normalized spacial score (nSPS) is 34.2. The van der Waals surface area contributed by atoms with Crippen molar-refractivity contribution < 1.29 is 15.3 Å². The molecule has 0 aromatic carbocycles. The van der Waals surface area contributed by atoms with Crippen molar-refractivity contribution in [3.63, 3.8) is 0 Å². The van der Waals surface area contributed by atoms with Crippen LogP contribution >= 0.6 is 0 Å². The van der Waals surface area contributed by atoms with Gasteiger partial charge >= 0.3 is 0 Å². The van der Waals surface area contributed by atoms with Crippen LogP contribution in [-0.4, -0.2) is 33.1 Å². The first-order valence-corrected chi connectivity index (χ1v) is 12.6. The van der Waals surface area contributed by atoms with Crippen molar-refractivity contribution in [1.29, 1.82) is 0 Å². The zero-order valence-corrected chi connectivity index (χ0v) is 20.1. The van der Waals surface area contributed by atoms with Gasteiger partial charge in [0, 0.05) is 0 Å². The predicted molar refractivity (Wildman–Crippen MR) is 129 cm³/mol. The fraction of sp³-hybridized carbons (Fsp3) is 0.714. The quantitative estimate of drug-likeness (QED) is 0.435. The van der Waals surface area contributed by atoms with E-state index in [-0.39, 0.29) is 5.41 Å². The molecule has 0 amide bonds. The van der Waals surface area contributed by atoms with Gasteiger partial charge in [0.15, 0.2) is 0 Å². The number of rotatable bonds is 7. The minimum atomic E-state index is -0.662. The highest BCUT2D eigenvalue weighted by atomic mass is 16.3. The summed E-state index contributed by atoms with van der Waals surface area (Å²) in [6.45, 7) is 8.88. The summed E-state index contributed by atoms with van der Waals surface area (Å²) in [4.78, 5) is 0. The number of allylic oxidation sites excluding steroid dienone is 6. The van der Waals surface area contributed by atoms with E-state index in [1.54, 1.807) is 5.57 Å². The van der Waals surface area contributed by atoms with E-state index in [9.17, 15) is 15.3 Å². The lowest BCUT2D eigenvalue weighted by atomic mass is 9.62. The fourth-order valence-corrected chi connectivity index (χ4v) is 6.25. The van der Waals surface area contributed by atoms with Gasteiger partial charge in [-0.1, -0.05) is 74.8 Å². The molecule has 3 aliphatic rings. The maximum Gasteiger partial charge on any atom is 0.0822 e. The van der Waals surface area contributed by atoms with Crippen molar-refractivity contribution in [2.24, 2.45) is 17.3 Å². The zero-order valence-electron chi connectivity index (χ0n) is 20.1. The average Bonchev–Trinajstić information content (AvgIpc) is 3.09. The van der Waals surface area contributed by atoms with E-state index >= 15 is 0 Å². The van der Waals surface area contributed by atoms with E-state index in [1.165, 1.54) is 24.0 Å². The van der Waals surface area contributed by atoms with E-state index in [0.717, 1.165) is 32.1 Å². The standard InChI is InChI=1S/C28H44O3/c1-5-28(31,6-2)16-7-9-20(3)25-13-14-26-22(10-8-15-27(25,26)4)12-11-21-17-23(29)19-24(30)18-21/h7,11-13,16,20,23-24,26,29-31H,5-6,8-10,14-15,17-19H2,1-4H3/b16-7+,22-12+/t20-,23-,24-,26+,27-/m1/s1. The van der Waals surface area contributed by atoms with Gasteiger partial charge in [0.2, 0.25) is 0 Å². The van der Waals surface area contributed by atoms with Gasteiger partial charge in [-0.25, -0.2) is 0 Å². The van der Waals surface area contributed by atoms with E-state index in [4.69, 9.17) is 0 Å². The summed E-state index contributed by atoms with van der Waals surface area (Å²) in [6, 6.07) is 0. The highest BCUT2D eigenvalue weighted by Gasteiger charge is 2.45. The summed E-state index contributed by atoms with van der Waals surface area (Å²) in [6.07, 6.45) is 19.5. The van der Waals surface area contributed by atoms with Crippen molar-refractivity contribution in [3.05, 3.63) is 47.1 Å². The molecule has 174 valence electrons. The van der Waals surface area contributed by atoms with Crippen molar-refractivity contribution in [1.82, 2.24) is 0 Å². The number of hydrogen-bond acceptors (Lipinski definition) is 3. The molecule has 0 aliphatic heterocycles. The molecule has 31 heavy (non-hydrogen) atoms. The number of hydrogen-bond donors (Lipinski definition) is 3. The molecule has 2 saturated carbocycles. The van der Waals surface area contributed by atoms with Crippen LogP contribution in [0.3, 0.4) is 0 Å². The van der Waals surface area contributed by atoms with Gasteiger partial charge in [0.1, 0.15) is 0 Å². The van der Waals surface area contributed by atoms with Crippen molar-refractivity contribution in [2.45, 2.75) is 110 Å². The van der Waals surface area contributed by atoms with Gasteiger partial charge in [-0.2, -0.15) is 0 Å². The molecule has 0 spiro atoms. The Labute approximate surface area is 189 Å². The summed E-state index contributed by atoms with van der Waals surface area (Å²) < 4.78 is 0. The molecule has 0 aromatic rings. The smallest absolute Gasteiger partial charge is 0.0822 e. The molecular weight excluding hydrogens is 384 g/mol. The largest absolute Gasteiger partial charge is 0.393 e. The second-order valence-electron chi connectivity index (χ2n) is 10.6. The van der Waals surface area contributed by atoms with Crippen molar-refractivity contribution in [2.75, 3.05) is 0 Å². The molecule has 0 saturated heterocycles. The van der Waals surface area contributed by atoms with Crippen LogP contribution in [0.25, 0.3) is 0 Å². The molecule has 3 rings (SSSR count). The van der Waals surface area contributed by atoms with Crippen molar-refractivity contribution in [3.8, 4) is 0 Å². The maximum absolute atomic E-state index is 10.5. The molecule has 0 bridgehead atoms. The fourth-order valence-electron chi connectivity index (χ4n) is 6.25. The SMILES string of the molecule is CCC(O)(/C=C/C[C@@H](C)C1=CC[C@H]2/C(=C/C=C3C[C@@H](O)C[C@H](O)C3)CCC[C@]12C)CC. The van der Waals surface area contributed by atoms with E-state index in [0.29, 0.717) is 31.1 Å². The molecular formula is C28H44O3. The number of aliphatic hydroxyl groups is 3. The van der Waals surface area contributed by atoms with Gasteiger partial charge in [-0.05, 0) is 81.5 Å². The van der Waals surface area contributed by atoms with Crippen LogP contribution in [0.2, 0.25) is 0 Å². The van der Waals surface area contributed by atoms with Gasteiger partial charge < -0.3 is 15.3 Å².